The van der Waals surface area contributed by atoms with Crippen molar-refractivity contribution in [3.63, 3.8) is 0 Å². The summed E-state index contributed by atoms with van der Waals surface area (Å²) in [7, 11) is 1.60. The summed E-state index contributed by atoms with van der Waals surface area (Å²) in [6.45, 7) is 4.24. The smallest absolute Gasteiger partial charge is 0.126 e. The lowest BCUT2D eigenvalue weighted by Crippen LogP contribution is -2.39. The Balaban J connectivity index is 2.55. The first kappa shape index (κ1) is 8.98. The molecule has 0 unspecified atom stereocenters. The normalized spacial score (nSPS) is 45.8. The summed E-state index contributed by atoms with van der Waals surface area (Å²) in [4.78, 5) is 0. The van der Waals surface area contributed by atoms with Gasteiger partial charge in [-0.25, -0.2) is 4.39 Å². The molecule has 2 heteroatoms. The molecule has 0 aromatic rings. The summed E-state index contributed by atoms with van der Waals surface area (Å²) < 4.78 is 18.3. The molecule has 11 heavy (non-hydrogen) atoms. The van der Waals surface area contributed by atoms with E-state index in [4.69, 9.17) is 4.74 Å². The summed E-state index contributed by atoms with van der Waals surface area (Å²) in [6, 6.07) is 0. The molecule has 0 spiro atoms. The number of halogens is 1. The molecule has 0 aliphatic heterocycles. The van der Waals surface area contributed by atoms with Crippen LogP contribution in [0, 0.1) is 11.8 Å². The predicted molar refractivity (Wildman–Crippen MR) is 43.3 cm³/mol. The van der Waals surface area contributed by atoms with Crippen LogP contribution in [0.2, 0.25) is 0 Å². The van der Waals surface area contributed by atoms with Gasteiger partial charge in [0.2, 0.25) is 0 Å². The van der Waals surface area contributed by atoms with Gasteiger partial charge < -0.3 is 4.74 Å². The lowest BCUT2D eigenvalue weighted by molar-refractivity contribution is -0.0473. The van der Waals surface area contributed by atoms with E-state index < -0.39 is 6.17 Å². The maximum absolute atomic E-state index is 13.1. The van der Waals surface area contributed by atoms with Gasteiger partial charge in [-0.1, -0.05) is 13.8 Å². The standard InChI is InChI=1S/C9H17FO/c1-6-4-5-8(10)9(11-3)7(6)2/h6-9H,4-5H2,1-3H3/t6-,7-,8-,9-/m0/s1. The van der Waals surface area contributed by atoms with Crippen molar-refractivity contribution >= 4 is 0 Å². The molecule has 1 saturated carbocycles. The fourth-order valence-electron chi connectivity index (χ4n) is 1.86. The van der Waals surface area contributed by atoms with Crippen LogP contribution in [-0.2, 0) is 4.74 Å². The predicted octanol–water partition coefficient (Wildman–Crippen LogP) is 2.41. The quantitative estimate of drug-likeness (QED) is 0.572. The largest absolute Gasteiger partial charge is 0.378 e. The molecule has 1 aliphatic rings. The molecule has 0 bridgehead atoms. The van der Waals surface area contributed by atoms with Crippen molar-refractivity contribution < 1.29 is 9.13 Å². The van der Waals surface area contributed by atoms with Gasteiger partial charge in [0.25, 0.3) is 0 Å². The summed E-state index contributed by atoms with van der Waals surface area (Å²) in [5, 5.41) is 0. The zero-order valence-corrected chi connectivity index (χ0v) is 7.51. The van der Waals surface area contributed by atoms with Crippen LogP contribution in [0.4, 0.5) is 4.39 Å². The zero-order chi connectivity index (χ0) is 8.43. The van der Waals surface area contributed by atoms with Crippen LogP contribution in [0.5, 0.6) is 0 Å². The Bertz CT molecular complexity index is 127. The fourth-order valence-corrected chi connectivity index (χ4v) is 1.86. The molecular weight excluding hydrogens is 143 g/mol. The van der Waals surface area contributed by atoms with Crippen LogP contribution in [0.25, 0.3) is 0 Å². The third kappa shape index (κ3) is 1.73. The Morgan fingerprint density at radius 2 is 1.91 bits per heavy atom. The van der Waals surface area contributed by atoms with Crippen LogP contribution in [0.1, 0.15) is 26.7 Å². The molecule has 1 aliphatic carbocycles. The summed E-state index contributed by atoms with van der Waals surface area (Å²) >= 11 is 0. The van der Waals surface area contributed by atoms with Crippen molar-refractivity contribution in [2.75, 3.05) is 7.11 Å². The van der Waals surface area contributed by atoms with Gasteiger partial charge in [-0.2, -0.15) is 0 Å². The molecule has 1 fully saturated rings. The van der Waals surface area contributed by atoms with Crippen LogP contribution in [0.15, 0.2) is 0 Å². The first-order valence-electron chi connectivity index (χ1n) is 4.33. The van der Waals surface area contributed by atoms with E-state index in [1.807, 2.05) is 0 Å². The van der Waals surface area contributed by atoms with E-state index in [0.717, 1.165) is 6.42 Å². The number of hydrogen-bond acceptors (Lipinski definition) is 1. The van der Waals surface area contributed by atoms with Gasteiger partial charge in [0.1, 0.15) is 6.17 Å². The van der Waals surface area contributed by atoms with Crippen molar-refractivity contribution in [1.82, 2.24) is 0 Å². The second-order valence-electron chi connectivity index (χ2n) is 3.63. The fraction of sp³-hybridized carbons (Fsp3) is 1.00. The van der Waals surface area contributed by atoms with Crippen molar-refractivity contribution in [3.05, 3.63) is 0 Å². The van der Waals surface area contributed by atoms with Gasteiger partial charge in [0.05, 0.1) is 6.10 Å². The Hall–Kier alpha value is -0.110. The Kier molecular flexibility index (Phi) is 2.88. The third-order valence-corrected chi connectivity index (χ3v) is 2.94. The maximum Gasteiger partial charge on any atom is 0.126 e. The minimum atomic E-state index is -0.744. The van der Waals surface area contributed by atoms with Crippen LogP contribution >= 0.6 is 0 Å². The molecule has 1 rings (SSSR count). The zero-order valence-electron chi connectivity index (χ0n) is 7.51. The molecule has 0 amide bonds. The van der Waals surface area contributed by atoms with E-state index in [-0.39, 0.29) is 6.10 Å². The minimum Gasteiger partial charge on any atom is -0.378 e. The second-order valence-corrected chi connectivity index (χ2v) is 3.63. The van der Waals surface area contributed by atoms with E-state index in [0.29, 0.717) is 18.3 Å². The highest BCUT2D eigenvalue weighted by Crippen LogP contribution is 2.32. The Morgan fingerprint density at radius 3 is 2.36 bits per heavy atom. The summed E-state index contributed by atoms with van der Waals surface area (Å²) in [6.07, 6.45) is 0.761. The molecule has 0 radical (unpaired) electrons. The highest BCUT2D eigenvalue weighted by Gasteiger charge is 2.34. The van der Waals surface area contributed by atoms with Crippen molar-refractivity contribution in [1.29, 1.82) is 0 Å². The average molecular weight is 160 g/mol. The highest BCUT2D eigenvalue weighted by atomic mass is 19.1. The topological polar surface area (TPSA) is 9.23 Å². The van der Waals surface area contributed by atoms with Crippen LogP contribution in [-0.4, -0.2) is 19.4 Å². The lowest BCUT2D eigenvalue weighted by Gasteiger charge is -2.35. The molecule has 1 nitrogen and oxygen atoms in total. The van der Waals surface area contributed by atoms with Gasteiger partial charge >= 0.3 is 0 Å². The maximum atomic E-state index is 13.1. The van der Waals surface area contributed by atoms with Gasteiger partial charge in [-0.05, 0) is 24.7 Å². The number of rotatable bonds is 1. The van der Waals surface area contributed by atoms with Crippen LogP contribution < -0.4 is 0 Å². The third-order valence-electron chi connectivity index (χ3n) is 2.94. The van der Waals surface area contributed by atoms with E-state index in [2.05, 4.69) is 13.8 Å². The number of methoxy groups -OCH3 is 1. The summed E-state index contributed by atoms with van der Waals surface area (Å²) in [5.41, 5.74) is 0. The second kappa shape index (κ2) is 3.53. The van der Waals surface area contributed by atoms with Gasteiger partial charge in [0, 0.05) is 7.11 Å². The van der Waals surface area contributed by atoms with Gasteiger partial charge in [0.15, 0.2) is 0 Å². The molecule has 0 aromatic carbocycles. The van der Waals surface area contributed by atoms with E-state index in [1.165, 1.54) is 0 Å². The average Bonchev–Trinajstić information content (AvgIpc) is 1.99. The lowest BCUT2D eigenvalue weighted by atomic mass is 9.78. The molecular formula is C9H17FO. The number of ether oxygens (including phenoxy) is 1. The highest BCUT2D eigenvalue weighted by molar-refractivity contribution is 4.84. The minimum absolute atomic E-state index is 0.168. The number of hydrogen-bond donors (Lipinski definition) is 0. The van der Waals surface area contributed by atoms with Crippen molar-refractivity contribution in [2.24, 2.45) is 11.8 Å². The van der Waals surface area contributed by atoms with E-state index in [9.17, 15) is 4.39 Å². The van der Waals surface area contributed by atoms with Crippen LogP contribution in [0.3, 0.4) is 0 Å². The first-order valence-corrected chi connectivity index (χ1v) is 4.33. The van der Waals surface area contributed by atoms with E-state index >= 15 is 0 Å². The van der Waals surface area contributed by atoms with Crippen molar-refractivity contribution in [3.8, 4) is 0 Å². The summed E-state index contributed by atoms with van der Waals surface area (Å²) in [5.74, 6) is 0.968. The number of alkyl halides is 1. The van der Waals surface area contributed by atoms with Gasteiger partial charge in [-0.15, -0.1) is 0 Å². The van der Waals surface area contributed by atoms with Gasteiger partial charge in [-0.3, -0.25) is 0 Å². The Morgan fingerprint density at radius 1 is 1.27 bits per heavy atom. The monoisotopic (exact) mass is 160 g/mol. The molecule has 4 atom stereocenters. The first-order chi connectivity index (χ1) is 5.16. The van der Waals surface area contributed by atoms with Crippen molar-refractivity contribution in [2.45, 2.75) is 39.0 Å². The molecule has 0 aromatic heterocycles. The molecule has 0 N–H and O–H groups in total. The Labute approximate surface area is 67.9 Å². The molecule has 66 valence electrons. The molecule has 0 heterocycles. The molecule has 0 saturated heterocycles. The van der Waals surface area contributed by atoms with E-state index in [1.54, 1.807) is 7.11 Å². The SMILES string of the molecule is CO[C@H]1[C@@H](C)[C@@H](C)CC[C@@H]1F.